The summed E-state index contributed by atoms with van der Waals surface area (Å²) in [5.41, 5.74) is 2.09. The minimum atomic E-state index is -0.256. The lowest BCUT2D eigenvalue weighted by atomic mass is 9.93. The van der Waals surface area contributed by atoms with Crippen LogP contribution in [0, 0.1) is 11.7 Å². The van der Waals surface area contributed by atoms with Crippen molar-refractivity contribution in [1.82, 2.24) is 0 Å². The SMILES string of the molecule is OCC(Cc1ccccc1)Cc1cccc(F)c1Br. The van der Waals surface area contributed by atoms with Crippen LogP contribution in [0.25, 0.3) is 0 Å². The van der Waals surface area contributed by atoms with Crippen LogP contribution in [0.3, 0.4) is 0 Å². The summed E-state index contributed by atoms with van der Waals surface area (Å²) in [4.78, 5) is 0. The topological polar surface area (TPSA) is 20.2 Å². The molecule has 0 heterocycles. The lowest BCUT2D eigenvalue weighted by Crippen LogP contribution is -2.13. The van der Waals surface area contributed by atoms with Crippen molar-refractivity contribution in [2.24, 2.45) is 5.92 Å². The van der Waals surface area contributed by atoms with Gasteiger partial charge in [-0.05, 0) is 51.9 Å². The molecule has 3 heteroatoms. The summed E-state index contributed by atoms with van der Waals surface area (Å²) in [6.45, 7) is 0.0951. The second-order valence-electron chi connectivity index (χ2n) is 4.66. The van der Waals surface area contributed by atoms with Gasteiger partial charge in [0.1, 0.15) is 5.82 Å². The zero-order valence-electron chi connectivity index (χ0n) is 10.5. The summed E-state index contributed by atoms with van der Waals surface area (Å²) in [5.74, 6) is -0.158. The molecule has 2 aromatic rings. The highest BCUT2D eigenvalue weighted by molar-refractivity contribution is 9.10. The first kappa shape index (κ1) is 14.2. The van der Waals surface area contributed by atoms with Crippen LogP contribution in [0.5, 0.6) is 0 Å². The lowest BCUT2D eigenvalue weighted by molar-refractivity contribution is 0.224. The molecule has 2 rings (SSSR count). The fourth-order valence-electron chi connectivity index (χ4n) is 2.17. The van der Waals surface area contributed by atoms with Crippen LogP contribution in [-0.4, -0.2) is 11.7 Å². The molecule has 0 bridgehead atoms. The Hall–Kier alpha value is -1.19. The molecule has 1 unspecified atom stereocenters. The van der Waals surface area contributed by atoms with Gasteiger partial charge < -0.3 is 5.11 Å². The third-order valence-electron chi connectivity index (χ3n) is 3.17. The van der Waals surface area contributed by atoms with Crippen LogP contribution in [0.2, 0.25) is 0 Å². The first-order valence-corrected chi connectivity index (χ1v) is 7.07. The van der Waals surface area contributed by atoms with Crippen molar-refractivity contribution in [3.05, 3.63) is 69.9 Å². The van der Waals surface area contributed by atoms with E-state index in [9.17, 15) is 9.50 Å². The van der Waals surface area contributed by atoms with Gasteiger partial charge in [0.05, 0.1) is 4.47 Å². The standard InChI is InChI=1S/C16H16BrFO/c17-16-14(7-4-8-15(16)18)10-13(11-19)9-12-5-2-1-3-6-12/h1-8,13,19H,9-11H2. The van der Waals surface area contributed by atoms with Gasteiger partial charge in [-0.2, -0.15) is 0 Å². The first-order chi connectivity index (χ1) is 9.20. The Morgan fingerprint density at radius 2 is 1.74 bits per heavy atom. The van der Waals surface area contributed by atoms with E-state index in [2.05, 4.69) is 15.9 Å². The number of benzene rings is 2. The van der Waals surface area contributed by atoms with Gasteiger partial charge >= 0.3 is 0 Å². The molecule has 0 amide bonds. The molecule has 0 radical (unpaired) electrons. The number of hydrogen-bond acceptors (Lipinski definition) is 1. The van der Waals surface area contributed by atoms with Crippen LogP contribution in [-0.2, 0) is 12.8 Å². The Morgan fingerprint density at radius 1 is 1.00 bits per heavy atom. The van der Waals surface area contributed by atoms with E-state index in [-0.39, 0.29) is 18.3 Å². The van der Waals surface area contributed by atoms with E-state index in [1.165, 1.54) is 11.6 Å². The van der Waals surface area contributed by atoms with Crippen LogP contribution < -0.4 is 0 Å². The highest BCUT2D eigenvalue weighted by atomic mass is 79.9. The minimum Gasteiger partial charge on any atom is -0.396 e. The summed E-state index contributed by atoms with van der Waals surface area (Å²) in [6.07, 6.45) is 1.45. The fraction of sp³-hybridized carbons (Fsp3) is 0.250. The Kier molecular flexibility index (Phi) is 5.11. The third-order valence-corrected chi connectivity index (χ3v) is 4.05. The number of halogens is 2. The number of hydrogen-bond donors (Lipinski definition) is 1. The van der Waals surface area contributed by atoms with E-state index in [0.717, 1.165) is 12.0 Å². The molecule has 1 atom stereocenters. The number of rotatable bonds is 5. The van der Waals surface area contributed by atoms with Gasteiger partial charge in [-0.25, -0.2) is 4.39 Å². The zero-order chi connectivity index (χ0) is 13.7. The Labute approximate surface area is 121 Å². The molecule has 0 aliphatic heterocycles. The van der Waals surface area contributed by atoms with Crippen LogP contribution in [0.4, 0.5) is 4.39 Å². The molecule has 0 saturated heterocycles. The molecule has 19 heavy (non-hydrogen) atoms. The van der Waals surface area contributed by atoms with Gasteiger partial charge in [-0.1, -0.05) is 42.5 Å². The van der Waals surface area contributed by atoms with E-state index in [4.69, 9.17) is 0 Å². The number of aliphatic hydroxyl groups excluding tert-OH is 1. The molecular formula is C16H16BrFO. The van der Waals surface area contributed by atoms with Crippen molar-refractivity contribution in [2.45, 2.75) is 12.8 Å². The van der Waals surface area contributed by atoms with Crippen molar-refractivity contribution >= 4 is 15.9 Å². The van der Waals surface area contributed by atoms with Crippen molar-refractivity contribution in [3.63, 3.8) is 0 Å². The molecule has 0 aliphatic rings. The average Bonchev–Trinajstić information content (AvgIpc) is 2.44. The van der Waals surface area contributed by atoms with Crippen molar-refractivity contribution in [2.75, 3.05) is 6.61 Å². The van der Waals surface area contributed by atoms with Gasteiger partial charge in [0.15, 0.2) is 0 Å². The van der Waals surface area contributed by atoms with Gasteiger partial charge in [0.25, 0.3) is 0 Å². The predicted molar refractivity (Wildman–Crippen MR) is 78.5 cm³/mol. The van der Waals surface area contributed by atoms with Gasteiger partial charge in [-0.15, -0.1) is 0 Å². The van der Waals surface area contributed by atoms with Gasteiger partial charge in [0.2, 0.25) is 0 Å². The normalized spacial score (nSPS) is 12.4. The molecule has 100 valence electrons. The van der Waals surface area contributed by atoms with Crippen LogP contribution in [0.1, 0.15) is 11.1 Å². The average molecular weight is 323 g/mol. The predicted octanol–water partition coefficient (Wildman–Crippen LogP) is 3.98. The maximum Gasteiger partial charge on any atom is 0.137 e. The molecule has 1 N–H and O–H groups in total. The molecule has 0 spiro atoms. The van der Waals surface area contributed by atoms with E-state index in [1.807, 2.05) is 36.4 Å². The maximum atomic E-state index is 13.5. The Balaban J connectivity index is 2.09. The monoisotopic (exact) mass is 322 g/mol. The molecule has 0 aromatic heterocycles. The first-order valence-electron chi connectivity index (χ1n) is 6.28. The molecule has 0 aliphatic carbocycles. The Morgan fingerprint density at radius 3 is 2.42 bits per heavy atom. The maximum absolute atomic E-state index is 13.5. The highest BCUT2D eigenvalue weighted by Gasteiger charge is 2.13. The summed E-state index contributed by atoms with van der Waals surface area (Å²) >= 11 is 3.27. The summed E-state index contributed by atoms with van der Waals surface area (Å²) < 4.78 is 14.0. The van der Waals surface area contributed by atoms with Crippen LogP contribution >= 0.6 is 15.9 Å². The van der Waals surface area contributed by atoms with Crippen molar-refractivity contribution < 1.29 is 9.50 Å². The second-order valence-corrected chi connectivity index (χ2v) is 5.45. The van der Waals surface area contributed by atoms with Crippen molar-refractivity contribution in [3.8, 4) is 0 Å². The molecule has 0 fully saturated rings. The molecule has 1 nitrogen and oxygen atoms in total. The lowest BCUT2D eigenvalue weighted by Gasteiger charge is -2.15. The Bertz CT molecular complexity index is 528. The minimum absolute atomic E-state index is 0.0951. The molecular weight excluding hydrogens is 307 g/mol. The number of aliphatic hydroxyl groups is 1. The van der Waals surface area contributed by atoms with Crippen molar-refractivity contribution in [1.29, 1.82) is 0 Å². The van der Waals surface area contributed by atoms with E-state index < -0.39 is 0 Å². The third kappa shape index (κ3) is 3.88. The quantitative estimate of drug-likeness (QED) is 0.882. The van der Waals surface area contributed by atoms with Gasteiger partial charge in [-0.3, -0.25) is 0 Å². The highest BCUT2D eigenvalue weighted by Crippen LogP contribution is 2.24. The molecule has 2 aromatic carbocycles. The largest absolute Gasteiger partial charge is 0.396 e. The zero-order valence-corrected chi connectivity index (χ0v) is 12.1. The van der Waals surface area contributed by atoms with E-state index in [0.29, 0.717) is 10.9 Å². The van der Waals surface area contributed by atoms with E-state index >= 15 is 0 Å². The van der Waals surface area contributed by atoms with Gasteiger partial charge in [0, 0.05) is 6.61 Å². The van der Waals surface area contributed by atoms with Crippen LogP contribution in [0.15, 0.2) is 53.0 Å². The smallest absolute Gasteiger partial charge is 0.137 e. The fourth-order valence-corrected chi connectivity index (χ4v) is 2.59. The second kappa shape index (κ2) is 6.83. The summed E-state index contributed by atoms with van der Waals surface area (Å²) in [7, 11) is 0. The summed E-state index contributed by atoms with van der Waals surface area (Å²) in [5, 5.41) is 9.50. The molecule has 0 saturated carbocycles. The summed E-state index contributed by atoms with van der Waals surface area (Å²) in [6, 6.07) is 15.1. The van der Waals surface area contributed by atoms with E-state index in [1.54, 1.807) is 6.07 Å².